The van der Waals surface area contributed by atoms with Crippen LogP contribution < -0.4 is 11.2 Å². The van der Waals surface area contributed by atoms with Crippen LogP contribution in [0.1, 0.15) is 20.3 Å². The van der Waals surface area contributed by atoms with E-state index < -0.39 is 0 Å². The normalized spacial score (nSPS) is 15.0. The predicted octanol–water partition coefficient (Wildman–Crippen LogP) is 0.431. The van der Waals surface area contributed by atoms with Crippen LogP contribution >= 0.6 is 11.8 Å². The molecule has 0 atom stereocenters. The number of imidazole rings is 1. The summed E-state index contributed by atoms with van der Waals surface area (Å²) in [6, 6.07) is 0. The summed E-state index contributed by atoms with van der Waals surface area (Å²) in [6.45, 7) is 6.79. The van der Waals surface area contributed by atoms with Crippen molar-refractivity contribution in [2.24, 2.45) is 20.0 Å². The van der Waals surface area contributed by atoms with Crippen molar-refractivity contribution in [3.05, 3.63) is 20.8 Å². The lowest BCUT2D eigenvalue weighted by atomic mass is 10.1. The van der Waals surface area contributed by atoms with Crippen LogP contribution in [0.2, 0.25) is 0 Å². The van der Waals surface area contributed by atoms with Gasteiger partial charge < -0.3 is 14.2 Å². The number of nitrogens with zero attached hydrogens (tertiary/aromatic N) is 5. The van der Waals surface area contributed by atoms with Crippen LogP contribution in [0.3, 0.4) is 0 Å². The van der Waals surface area contributed by atoms with Gasteiger partial charge in [0.2, 0.25) is 5.91 Å². The van der Waals surface area contributed by atoms with Gasteiger partial charge in [-0.15, -0.1) is 0 Å². The average Bonchev–Trinajstić information content (AvgIpc) is 3.01. The lowest BCUT2D eigenvalue weighted by Gasteiger charge is -2.26. The summed E-state index contributed by atoms with van der Waals surface area (Å²) in [5, 5.41) is 0.547. The van der Waals surface area contributed by atoms with Gasteiger partial charge in [0, 0.05) is 33.7 Å². The molecule has 3 rings (SSSR count). The van der Waals surface area contributed by atoms with Crippen molar-refractivity contribution in [1.29, 1.82) is 0 Å². The highest BCUT2D eigenvalue weighted by Crippen LogP contribution is 2.20. The Balaban J connectivity index is 1.88. The van der Waals surface area contributed by atoms with Gasteiger partial charge in [-0.3, -0.25) is 18.7 Å². The van der Waals surface area contributed by atoms with Crippen molar-refractivity contribution in [2.75, 3.05) is 32.1 Å². The van der Waals surface area contributed by atoms with E-state index in [1.54, 1.807) is 23.6 Å². The number of thioether (sulfide) groups is 1. The molecule has 28 heavy (non-hydrogen) atoms. The van der Waals surface area contributed by atoms with Gasteiger partial charge in [-0.2, -0.15) is 0 Å². The van der Waals surface area contributed by atoms with Crippen molar-refractivity contribution in [3.8, 4) is 0 Å². The zero-order valence-corrected chi connectivity index (χ0v) is 17.6. The fraction of sp³-hybridized carbons (Fsp3) is 0.667. The molecule has 0 bridgehead atoms. The number of rotatable bonds is 6. The molecular formula is C18H27N5O4S. The summed E-state index contributed by atoms with van der Waals surface area (Å²) in [5.41, 5.74) is 0.0316. The molecule has 1 aliphatic rings. The molecule has 0 aliphatic carbocycles. The van der Waals surface area contributed by atoms with Gasteiger partial charge >= 0.3 is 5.69 Å². The number of amides is 1. The van der Waals surface area contributed by atoms with Crippen LogP contribution in [0.5, 0.6) is 0 Å². The van der Waals surface area contributed by atoms with Crippen molar-refractivity contribution >= 4 is 28.8 Å². The molecule has 0 radical (unpaired) electrons. The number of aryl methyl sites for hydroxylation is 2. The van der Waals surface area contributed by atoms with E-state index in [-0.39, 0.29) is 22.9 Å². The first-order chi connectivity index (χ1) is 13.3. The monoisotopic (exact) mass is 409 g/mol. The molecule has 9 nitrogen and oxygen atoms in total. The first-order valence-electron chi connectivity index (χ1n) is 9.45. The quantitative estimate of drug-likeness (QED) is 0.643. The van der Waals surface area contributed by atoms with Gasteiger partial charge in [0.15, 0.2) is 16.3 Å². The summed E-state index contributed by atoms with van der Waals surface area (Å²) < 4.78 is 9.63. The first kappa shape index (κ1) is 20.7. The molecule has 0 aromatic carbocycles. The standard InChI is InChI=1S/C18H27N5O4S/c1-12(2)5-6-23-16(25)14-15(21(4)18(23)26)19-17(20(14)3)28-11-13(24)22-7-9-27-10-8-22/h12H,5-11H2,1-4H3. The Morgan fingerprint density at radius 1 is 1.18 bits per heavy atom. The van der Waals surface area contributed by atoms with E-state index in [1.807, 2.05) is 0 Å². The number of hydrogen-bond acceptors (Lipinski definition) is 6. The molecule has 2 aromatic rings. The van der Waals surface area contributed by atoms with Crippen LogP contribution in [0.25, 0.3) is 11.2 Å². The maximum atomic E-state index is 12.9. The zero-order chi connectivity index (χ0) is 20.4. The molecule has 0 spiro atoms. The summed E-state index contributed by atoms with van der Waals surface area (Å²) in [4.78, 5) is 44.1. The van der Waals surface area contributed by atoms with Gasteiger partial charge in [0.05, 0.1) is 19.0 Å². The molecule has 0 unspecified atom stereocenters. The summed E-state index contributed by atoms with van der Waals surface area (Å²) in [7, 11) is 3.37. The Labute approximate surface area is 167 Å². The predicted molar refractivity (Wildman–Crippen MR) is 108 cm³/mol. The molecule has 3 heterocycles. The van der Waals surface area contributed by atoms with Crippen molar-refractivity contribution in [2.45, 2.75) is 32.0 Å². The average molecular weight is 410 g/mol. The largest absolute Gasteiger partial charge is 0.378 e. The van der Waals surface area contributed by atoms with E-state index in [1.165, 1.54) is 20.9 Å². The fourth-order valence-corrected chi connectivity index (χ4v) is 4.04. The van der Waals surface area contributed by atoms with Crippen LogP contribution in [-0.4, -0.2) is 61.5 Å². The molecular weight excluding hydrogens is 382 g/mol. The van der Waals surface area contributed by atoms with Gasteiger partial charge in [0.25, 0.3) is 5.56 Å². The molecule has 1 fully saturated rings. The highest BCUT2D eigenvalue weighted by molar-refractivity contribution is 7.99. The van der Waals surface area contributed by atoms with Gasteiger partial charge in [-0.25, -0.2) is 9.78 Å². The van der Waals surface area contributed by atoms with E-state index in [9.17, 15) is 14.4 Å². The third-order valence-electron chi connectivity index (χ3n) is 4.94. The molecule has 2 aromatic heterocycles. The molecule has 0 N–H and O–H groups in total. The second-order valence-electron chi connectivity index (χ2n) is 7.39. The van der Waals surface area contributed by atoms with Crippen LogP contribution in [-0.2, 0) is 30.2 Å². The van der Waals surface area contributed by atoms with Gasteiger partial charge in [0.1, 0.15) is 0 Å². The number of morpholine rings is 1. The zero-order valence-electron chi connectivity index (χ0n) is 16.8. The van der Waals surface area contributed by atoms with E-state index in [2.05, 4.69) is 18.8 Å². The van der Waals surface area contributed by atoms with Crippen molar-refractivity contribution < 1.29 is 9.53 Å². The van der Waals surface area contributed by atoms with Crippen molar-refractivity contribution in [3.63, 3.8) is 0 Å². The highest BCUT2D eigenvalue weighted by Gasteiger charge is 2.21. The highest BCUT2D eigenvalue weighted by atomic mass is 32.2. The molecule has 1 amide bonds. The summed E-state index contributed by atoms with van der Waals surface area (Å²) in [5.74, 6) is 0.631. The van der Waals surface area contributed by atoms with Gasteiger partial charge in [-0.1, -0.05) is 25.6 Å². The lowest BCUT2D eigenvalue weighted by molar-refractivity contribution is -0.132. The molecule has 1 saturated heterocycles. The Bertz CT molecular complexity index is 984. The second kappa shape index (κ2) is 8.52. The fourth-order valence-electron chi connectivity index (χ4n) is 3.17. The molecule has 0 saturated carbocycles. The number of fused-ring (bicyclic) bond motifs is 1. The Morgan fingerprint density at radius 3 is 2.50 bits per heavy atom. The second-order valence-corrected chi connectivity index (χ2v) is 8.33. The van der Waals surface area contributed by atoms with Crippen LogP contribution in [0, 0.1) is 5.92 Å². The van der Waals surface area contributed by atoms with Gasteiger partial charge in [-0.05, 0) is 12.3 Å². The minimum Gasteiger partial charge on any atom is -0.378 e. The smallest absolute Gasteiger partial charge is 0.332 e. The Morgan fingerprint density at radius 2 is 1.86 bits per heavy atom. The van der Waals surface area contributed by atoms with E-state index in [4.69, 9.17) is 4.74 Å². The molecule has 10 heteroatoms. The van der Waals surface area contributed by atoms with Crippen LogP contribution in [0.4, 0.5) is 0 Å². The minimum absolute atomic E-state index is 0.0172. The number of carbonyl (C=O) groups excluding carboxylic acids is 1. The number of carbonyl (C=O) groups is 1. The number of ether oxygens (including phenoxy) is 1. The maximum absolute atomic E-state index is 12.9. The summed E-state index contributed by atoms with van der Waals surface area (Å²) in [6.07, 6.45) is 0.744. The lowest BCUT2D eigenvalue weighted by Crippen LogP contribution is -2.41. The van der Waals surface area contributed by atoms with Crippen LogP contribution in [0.15, 0.2) is 14.7 Å². The van der Waals surface area contributed by atoms with E-state index in [0.717, 1.165) is 6.42 Å². The Kier molecular flexibility index (Phi) is 6.29. The Hall–Kier alpha value is -2.07. The SMILES string of the molecule is CC(C)CCn1c(=O)c2c(nc(SCC(=O)N3CCOCC3)n2C)n(C)c1=O. The third kappa shape index (κ3) is 4.02. The third-order valence-corrected chi connectivity index (χ3v) is 5.95. The molecule has 1 aliphatic heterocycles. The summed E-state index contributed by atoms with van der Waals surface area (Å²) >= 11 is 1.28. The van der Waals surface area contributed by atoms with E-state index >= 15 is 0 Å². The van der Waals surface area contributed by atoms with E-state index in [0.29, 0.717) is 55.1 Å². The number of aromatic nitrogens is 4. The number of hydrogen-bond donors (Lipinski definition) is 0. The first-order valence-corrected chi connectivity index (χ1v) is 10.4. The topological polar surface area (TPSA) is 91.4 Å². The van der Waals surface area contributed by atoms with Crippen molar-refractivity contribution in [1.82, 2.24) is 23.6 Å². The maximum Gasteiger partial charge on any atom is 0.332 e. The molecule has 154 valence electrons. The minimum atomic E-state index is -0.364.